The summed E-state index contributed by atoms with van der Waals surface area (Å²) in [7, 11) is 0. The SMILES string of the molecule is CC(=O)OCCCNC(=O)Nc1snc(-c2ccc(N)cc2)c1C(N)=O.NC(=O)c1c(-c2ccc(N)cc2)nsc1NC(=O)NCCCO. The average molecular weight is 713 g/mol. The molecule has 2 heterocycles. The highest BCUT2D eigenvalue weighted by atomic mass is 32.1. The van der Waals surface area contributed by atoms with Gasteiger partial charge in [0, 0.05) is 49.1 Å². The third-order valence-electron chi connectivity index (χ3n) is 6.23. The van der Waals surface area contributed by atoms with Crippen molar-refractivity contribution in [2.45, 2.75) is 19.8 Å². The monoisotopic (exact) mass is 712 g/mol. The van der Waals surface area contributed by atoms with Crippen LogP contribution >= 0.6 is 23.1 Å². The number of nitrogens with zero attached hydrogens (tertiary/aromatic N) is 2. The lowest BCUT2D eigenvalue weighted by molar-refractivity contribution is -0.141. The summed E-state index contributed by atoms with van der Waals surface area (Å²) in [5.41, 5.74) is 25.7. The Hall–Kier alpha value is -5.79. The highest BCUT2D eigenvalue weighted by Gasteiger charge is 2.22. The van der Waals surface area contributed by atoms with Crippen molar-refractivity contribution in [1.29, 1.82) is 0 Å². The molecule has 6 amide bonds. The van der Waals surface area contributed by atoms with Crippen LogP contribution in [-0.4, -0.2) is 70.0 Å². The molecule has 260 valence electrons. The lowest BCUT2D eigenvalue weighted by Crippen LogP contribution is -2.30. The second-order valence-electron chi connectivity index (χ2n) is 9.98. The lowest BCUT2D eigenvalue weighted by atomic mass is 10.1. The van der Waals surface area contributed by atoms with Crippen LogP contribution < -0.4 is 44.2 Å². The number of carbonyl (C=O) groups excluding carboxylic acids is 5. The Kier molecular flexibility index (Phi) is 14.2. The van der Waals surface area contributed by atoms with E-state index in [2.05, 4.69) is 30.0 Å². The maximum atomic E-state index is 12.0. The fraction of sp³-hybridized carbons (Fsp3) is 0.233. The van der Waals surface area contributed by atoms with Crippen LogP contribution in [0.2, 0.25) is 0 Å². The molecule has 0 atom stereocenters. The molecule has 0 aliphatic rings. The van der Waals surface area contributed by atoms with Crippen LogP contribution in [-0.2, 0) is 9.53 Å². The summed E-state index contributed by atoms with van der Waals surface area (Å²) >= 11 is 1.92. The fourth-order valence-electron chi connectivity index (χ4n) is 3.95. The van der Waals surface area contributed by atoms with Crippen LogP contribution in [0.4, 0.5) is 31.0 Å². The Balaban J connectivity index is 0.000000267. The summed E-state index contributed by atoms with van der Waals surface area (Å²) in [4.78, 5) is 57.9. The molecule has 13 N–H and O–H groups in total. The van der Waals surface area contributed by atoms with Crippen LogP contribution in [0.25, 0.3) is 22.5 Å². The molecule has 2 aromatic heterocycles. The molecule has 0 fully saturated rings. The number of urea groups is 2. The number of hydrogen-bond acceptors (Lipinski definition) is 13. The topological polar surface area (TPSA) is 293 Å². The van der Waals surface area contributed by atoms with Crippen molar-refractivity contribution in [3.8, 4) is 22.5 Å². The molecule has 0 saturated heterocycles. The minimum Gasteiger partial charge on any atom is -0.466 e. The smallest absolute Gasteiger partial charge is 0.319 e. The Morgan fingerprint density at radius 2 is 1.12 bits per heavy atom. The van der Waals surface area contributed by atoms with Crippen LogP contribution in [0.1, 0.15) is 40.5 Å². The number of rotatable bonds is 13. The van der Waals surface area contributed by atoms with Gasteiger partial charge < -0.3 is 43.4 Å². The van der Waals surface area contributed by atoms with Gasteiger partial charge in [-0.2, -0.15) is 8.75 Å². The third kappa shape index (κ3) is 11.4. The minimum absolute atomic E-state index is 0.0192. The number of nitrogen functional groups attached to an aromatic ring is 2. The second-order valence-corrected chi connectivity index (χ2v) is 11.5. The first-order chi connectivity index (χ1) is 23.4. The number of aliphatic hydroxyl groups is 1. The van der Waals surface area contributed by atoms with E-state index in [1.807, 2.05) is 0 Å². The van der Waals surface area contributed by atoms with Gasteiger partial charge in [-0.25, -0.2) is 9.59 Å². The molecule has 0 spiro atoms. The summed E-state index contributed by atoms with van der Waals surface area (Å²) < 4.78 is 13.2. The number of benzene rings is 2. The lowest BCUT2D eigenvalue weighted by Gasteiger charge is -2.07. The number of primary amides is 2. The second kappa shape index (κ2) is 18.5. The summed E-state index contributed by atoms with van der Waals surface area (Å²) in [5, 5.41) is 19.5. The van der Waals surface area contributed by atoms with E-state index in [1.54, 1.807) is 48.5 Å². The van der Waals surface area contributed by atoms with Crippen molar-refractivity contribution in [3.05, 3.63) is 59.7 Å². The van der Waals surface area contributed by atoms with Crippen molar-refractivity contribution < 1.29 is 33.8 Å². The number of hydrogen-bond donors (Lipinski definition) is 9. The van der Waals surface area contributed by atoms with Crippen molar-refractivity contribution in [1.82, 2.24) is 19.4 Å². The zero-order chi connectivity index (χ0) is 35.9. The molecule has 0 bridgehead atoms. The maximum absolute atomic E-state index is 12.0. The molecule has 0 radical (unpaired) electrons. The number of amides is 6. The van der Waals surface area contributed by atoms with Gasteiger partial charge in [0.15, 0.2) is 0 Å². The predicted molar refractivity (Wildman–Crippen MR) is 188 cm³/mol. The number of nitrogens with two attached hydrogens (primary N) is 4. The first-order valence-electron chi connectivity index (χ1n) is 14.6. The first-order valence-corrected chi connectivity index (χ1v) is 16.1. The van der Waals surface area contributed by atoms with Crippen molar-refractivity contribution >= 4 is 74.3 Å². The maximum Gasteiger partial charge on any atom is 0.319 e. The fourth-order valence-corrected chi connectivity index (χ4v) is 5.56. The number of anilines is 4. The molecule has 0 aliphatic heterocycles. The zero-order valence-electron chi connectivity index (χ0n) is 26.3. The van der Waals surface area contributed by atoms with E-state index < -0.39 is 23.9 Å². The molecule has 2 aromatic carbocycles. The molecule has 0 saturated carbocycles. The molecular formula is C30H36N10O7S2. The van der Waals surface area contributed by atoms with Crippen molar-refractivity contribution in [2.24, 2.45) is 11.5 Å². The van der Waals surface area contributed by atoms with Crippen LogP contribution in [0.15, 0.2) is 48.5 Å². The van der Waals surface area contributed by atoms with E-state index in [-0.39, 0.29) is 40.3 Å². The highest BCUT2D eigenvalue weighted by Crippen LogP contribution is 2.33. The van der Waals surface area contributed by atoms with E-state index >= 15 is 0 Å². The van der Waals surface area contributed by atoms with E-state index in [9.17, 15) is 24.0 Å². The van der Waals surface area contributed by atoms with E-state index in [0.29, 0.717) is 59.8 Å². The molecular weight excluding hydrogens is 677 g/mol. The minimum atomic E-state index is -0.698. The molecule has 49 heavy (non-hydrogen) atoms. The highest BCUT2D eigenvalue weighted by molar-refractivity contribution is 7.11. The quantitative estimate of drug-likeness (QED) is 0.0551. The third-order valence-corrected chi connectivity index (χ3v) is 7.76. The molecule has 4 rings (SSSR count). The standard InChI is InChI=1S/C16H19N5O4S.C14H17N5O3S/c1-9(22)25-8-2-7-19-16(24)20-15-12(14(18)23)13(21-26-15)10-3-5-11(17)6-4-10;15-9-4-2-8(3-5-9)11-10(12(16)21)13(23-19-11)18-14(22)17-6-1-7-20/h3-6H,2,7-8,17H2,1H3,(H2,18,23)(H2,19,20,24);2-5,20H,1,6-7,15H2,(H2,16,21)(H2,17,18,22). The van der Waals surface area contributed by atoms with Crippen molar-refractivity contribution in [2.75, 3.05) is 48.4 Å². The summed E-state index contributed by atoms with van der Waals surface area (Å²) in [6, 6.07) is 12.6. The van der Waals surface area contributed by atoms with Gasteiger partial charge in [0.25, 0.3) is 11.8 Å². The molecule has 0 unspecified atom stereocenters. The largest absolute Gasteiger partial charge is 0.466 e. The molecule has 0 aliphatic carbocycles. The van der Waals surface area contributed by atoms with Gasteiger partial charge in [-0.15, -0.1) is 0 Å². The molecule has 4 aromatic rings. The van der Waals surface area contributed by atoms with Crippen molar-refractivity contribution in [3.63, 3.8) is 0 Å². The van der Waals surface area contributed by atoms with Crippen LogP contribution in [0.5, 0.6) is 0 Å². The van der Waals surface area contributed by atoms with E-state index in [0.717, 1.165) is 23.1 Å². The summed E-state index contributed by atoms with van der Waals surface area (Å²) in [5.74, 6) is -1.76. The summed E-state index contributed by atoms with van der Waals surface area (Å²) in [6.07, 6.45) is 0.907. The Morgan fingerprint density at radius 1 is 0.714 bits per heavy atom. The Bertz CT molecular complexity index is 1760. The molecule has 19 heteroatoms. The first kappa shape index (κ1) is 37.7. The van der Waals surface area contributed by atoms with Gasteiger partial charge >= 0.3 is 18.0 Å². The molecule has 17 nitrogen and oxygen atoms in total. The number of aromatic nitrogens is 2. The van der Waals surface area contributed by atoms with Crippen LogP contribution in [0.3, 0.4) is 0 Å². The average Bonchev–Trinajstić information content (AvgIpc) is 3.66. The van der Waals surface area contributed by atoms with E-state index in [4.69, 9.17) is 32.8 Å². The van der Waals surface area contributed by atoms with Gasteiger partial charge in [0.2, 0.25) is 0 Å². The predicted octanol–water partition coefficient (Wildman–Crippen LogP) is 2.56. The number of carbonyl (C=O) groups is 5. The van der Waals surface area contributed by atoms with Gasteiger partial charge in [0.05, 0.1) is 18.0 Å². The number of aliphatic hydroxyl groups excluding tert-OH is 1. The number of ether oxygens (including phenoxy) is 1. The van der Waals surface area contributed by atoms with Gasteiger partial charge in [-0.3, -0.25) is 25.0 Å². The number of esters is 1. The number of nitrogens with one attached hydrogen (secondary N) is 4. The summed E-state index contributed by atoms with van der Waals surface area (Å²) in [6.45, 7) is 2.12. The van der Waals surface area contributed by atoms with Gasteiger partial charge in [0.1, 0.15) is 21.1 Å². The Morgan fingerprint density at radius 3 is 1.49 bits per heavy atom. The van der Waals surface area contributed by atoms with Gasteiger partial charge in [-0.05, 0) is 60.2 Å². The van der Waals surface area contributed by atoms with Gasteiger partial charge in [-0.1, -0.05) is 24.3 Å². The zero-order valence-corrected chi connectivity index (χ0v) is 27.9. The van der Waals surface area contributed by atoms with Crippen LogP contribution in [0, 0.1) is 0 Å². The Labute approximate surface area is 288 Å². The normalized spacial score (nSPS) is 10.2. The van der Waals surface area contributed by atoms with E-state index in [1.165, 1.54) is 6.92 Å².